The summed E-state index contributed by atoms with van der Waals surface area (Å²) >= 11 is 0. The van der Waals surface area contributed by atoms with E-state index in [-0.39, 0.29) is 12.2 Å². The van der Waals surface area contributed by atoms with Crippen molar-refractivity contribution >= 4 is 0 Å². The first-order chi connectivity index (χ1) is 30.7. The van der Waals surface area contributed by atoms with Gasteiger partial charge in [-0.15, -0.1) is 0 Å². The van der Waals surface area contributed by atoms with Gasteiger partial charge in [0.05, 0.1) is 12.2 Å². The maximum atomic E-state index is 12.3. The lowest BCUT2D eigenvalue weighted by atomic mass is 9.76. The highest BCUT2D eigenvalue weighted by atomic mass is 16.5. The van der Waals surface area contributed by atoms with E-state index in [1.807, 2.05) is 24.5 Å². The molecule has 4 aromatic carbocycles. The molecule has 6 aromatic rings. The minimum absolute atomic E-state index is 0.222. The van der Waals surface area contributed by atoms with Gasteiger partial charge in [-0.3, -0.25) is 9.97 Å². The summed E-state index contributed by atoms with van der Waals surface area (Å²) < 4.78 is 13.5. The zero-order chi connectivity index (χ0) is 43.2. The second-order valence-electron chi connectivity index (χ2n) is 19.1. The second kappa shape index (κ2) is 17.5. The van der Waals surface area contributed by atoms with Gasteiger partial charge >= 0.3 is 0 Å². The topological polar surface area (TPSA) is 84.7 Å². The van der Waals surface area contributed by atoms with Gasteiger partial charge < -0.3 is 19.7 Å². The highest BCUT2D eigenvalue weighted by Crippen LogP contribution is 2.50. The summed E-state index contributed by atoms with van der Waals surface area (Å²) in [7, 11) is 0. The number of aromatic nitrogens is 2. The molecule has 324 valence electrons. The highest BCUT2D eigenvalue weighted by Gasteiger charge is 2.29. The molecule has 0 amide bonds. The summed E-state index contributed by atoms with van der Waals surface area (Å²) in [5, 5.41) is 24.6. The van der Waals surface area contributed by atoms with Crippen LogP contribution in [0.2, 0.25) is 0 Å². The zero-order valence-corrected chi connectivity index (χ0v) is 37.7. The van der Waals surface area contributed by atoms with Crippen LogP contribution in [-0.4, -0.2) is 32.4 Å². The molecule has 0 aliphatic heterocycles. The fourth-order valence-corrected chi connectivity index (χ4v) is 11.6. The summed E-state index contributed by atoms with van der Waals surface area (Å²) in [5.74, 6) is 1.96. The molecule has 4 aliphatic carbocycles. The molecule has 2 aromatic heterocycles. The van der Waals surface area contributed by atoms with Gasteiger partial charge in [-0.1, -0.05) is 12.1 Å². The van der Waals surface area contributed by atoms with Crippen LogP contribution in [0.3, 0.4) is 0 Å². The Labute approximate surface area is 373 Å². The van der Waals surface area contributed by atoms with Crippen LogP contribution in [-0.2, 0) is 51.4 Å². The SMILES string of the molecule is Cc1cc(-c2cnccc2O[C@@H](C)C[C@H](C)Oc2ccncc2-c2cc(C)cc(-c3c4c(cc5c3CCCC5)CCCC4)c2O)c(O)c(-c2c3c(cc4c2CCCC4)CCCC3)c1. The van der Waals surface area contributed by atoms with Crippen LogP contribution in [0.4, 0.5) is 0 Å². The molecule has 0 fully saturated rings. The molecule has 2 atom stereocenters. The fraction of sp³-hybridized carbons (Fsp3) is 0.404. The minimum Gasteiger partial charge on any atom is -0.507 e. The number of phenolic OH excluding ortho intramolecular Hbond substituents is 2. The number of rotatable bonds is 10. The van der Waals surface area contributed by atoms with E-state index in [0.717, 1.165) is 95.9 Å². The average molecular weight is 839 g/mol. The summed E-state index contributed by atoms with van der Waals surface area (Å²) in [6.07, 6.45) is 25.7. The predicted molar refractivity (Wildman–Crippen MR) is 254 cm³/mol. The van der Waals surface area contributed by atoms with Gasteiger partial charge in [0.2, 0.25) is 0 Å². The Hall–Kier alpha value is -5.62. The van der Waals surface area contributed by atoms with E-state index in [0.29, 0.717) is 29.4 Å². The number of hydrogen-bond acceptors (Lipinski definition) is 6. The first-order valence-electron chi connectivity index (χ1n) is 23.9. The van der Waals surface area contributed by atoms with Crippen molar-refractivity contribution in [3.05, 3.63) is 129 Å². The standard InChI is InChI=1S/C57H62N2O4/c1-34-25-46(56(60)48(27-34)54-42-17-9-5-13-38(42)30-39-14-6-10-18-43(39)54)50-32-58-23-21-52(50)62-36(3)29-37(4)63-53-22-24-59-33-51(53)47-26-35(2)28-49(57(47)61)55-44-19-11-7-15-40(44)31-41-16-8-12-20-45(41)55/h21-28,30-33,36-37,60-61H,5-20,29H2,1-4H3/t36-,37-/m0/s1. The van der Waals surface area contributed by atoms with Gasteiger partial charge in [0.1, 0.15) is 23.0 Å². The van der Waals surface area contributed by atoms with Gasteiger partial charge in [0.25, 0.3) is 0 Å². The summed E-state index contributed by atoms with van der Waals surface area (Å²) in [6.45, 7) is 8.39. The Morgan fingerprint density at radius 2 is 0.794 bits per heavy atom. The van der Waals surface area contributed by atoms with Crippen molar-refractivity contribution in [2.24, 2.45) is 0 Å². The van der Waals surface area contributed by atoms with Crippen molar-refractivity contribution in [3.63, 3.8) is 0 Å². The van der Waals surface area contributed by atoms with Crippen LogP contribution in [0.5, 0.6) is 23.0 Å². The number of benzene rings is 4. The van der Waals surface area contributed by atoms with E-state index in [1.165, 1.54) is 107 Å². The van der Waals surface area contributed by atoms with Crippen LogP contribution in [0.25, 0.3) is 44.5 Å². The maximum absolute atomic E-state index is 12.3. The number of ether oxygens (including phenoxy) is 2. The lowest BCUT2D eigenvalue weighted by Crippen LogP contribution is -2.23. The van der Waals surface area contributed by atoms with Crippen LogP contribution in [0, 0.1) is 13.8 Å². The van der Waals surface area contributed by atoms with Crippen LogP contribution in [0.1, 0.15) is 127 Å². The Morgan fingerprint density at radius 1 is 0.460 bits per heavy atom. The third-order valence-corrected chi connectivity index (χ3v) is 14.5. The maximum Gasteiger partial charge on any atom is 0.131 e. The molecule has 6 nitrogen and oxygen atoms in total. The van der Waals surface area contributed by atoms with E-state index in [9.17, 15) is 10.2 Å². The van der Waals surface area contributed by atoms with Crippen molar-refractivity contribution in [1.82, 2.24) is 9.97 Å². The molecule has 2 heterocycles. The molecule has 0 saturated heterocycles. The number of pyridine rings is 2. The normalized spacial score (nSPS) is 16.6. The molecule has 6 heteroatoms. The van der Waals surface area contributed by atoms with Crippen LogP contribution in [0.15, 0.2) is 73.3 Å². The summed E-state index contributed by atoms with van der Waals surface area (Å²) in [6, 6.07) is 17.3. The molecule has 0 bridgehead atoms. The first kappa shape index (κ1) is 41.4. The van der Waals surface area contributed by atoms with Crippen LogP contribution < -0.4 is 9.47 Å². The molecule has 4 aliphatic rings. The quantitative estimate of drug-likeness (QED) is 0.143. The van der Waals surface area contributed by atoms with E-state index >= 15 is 0 Å². The molecule has 0 spiro atoms. The third kappa shape index (κ3) is 8.00. The fourth-order valence-electron chi connectivity index (χ4n) is 11.6. The highest BCUT2D eigenvalue weighted by molar-refractivity contribution is 5.89. The molecule has 2 N–H and O–H groups in total. The Kier molecular flexibility index (Phi) is 11.5. The molecular formula is C57H62N2O4. The van der Waals surface area contributed by atoms with Crippen molar-refractivity contribution in [2.75, 3.05) is 0 Å². The second-order valence-corrected chi connectivity index (χ2v) is 19.1. The molecule has 63 heavy (non-hydrogen) atoms. The smallest absolute Gasteiger partial charge is 0.131 e. The minimum atomic E-state index is -0.222. The molecule has 0 saturated carbocycles. The van der Waals surface area contributed by atoms with Crippen molar-refractivity contribution < 1.29 is 19.7 Å². The average Bonchev–Trinajstić information content (AvgIpc) is 3.29. The zero-order valence-electron chi connectivity index (χ0n) is 37.7. The van der Waals surface area contributed by atoms with Gasteiger partial charge in [-0.2, -0.15) is 0 Å². The molecule has 10 rings (SSSR count). The van der Waals surface area contributed by atoms with Crippen molar-refractivity contribution in [1.29, 1.82) is 0 Å². The molecule has 0 radical (unpaired) electrons. The number of aryl methyl sites for hydroxylation is 6. The third-order valence-electron chi connectivity index (χ3n) is 14.5. The largest absolute Gasteiger partial charge is 0.507 e. The monoisotopic (exact) mass is 838 g/mol. The lowest BCUT2D eigenvalue weighted by molar-refractivity contribution is 0.131. The molecule has 0 unspecified atom stereocenters. The molecular weight excluding hydrogens is 777 g/mol. The van der Waals surface area contributed by atoms with Crippen molar-refractivity contribution in [3.8, 4) is 67.5 Å². The Morgan fingerprint density at radius 3 is 1.16 bits per heavy atom. The number of aromatic hydroxyl groups is 2. The van der Waals surface area contributed by atoms with E-state index in [1.54, 1.807) is 12.4 Å². The summed E-state index contributed by atoms with van der Waals surface area (Å²) in [4.78, 5) is 9.07. The van der Waals surface area contributed by atoms with Gasteiger partial charge in [-0.25, -0.2) is 0 Å². The van der Waals surface area contributed by atoms with Crippen molar-refractivity contribution in [2.45, 2.75) is 149 Å². The van der Waals surface area contributed by atoms with E-state index < -0.39 is 0 Å². The number of phenols is 2. The first-order valence-corrected chi connectivity index (χ1v) is 23.9. The predicted octanol–water partition coefficient (Wildman–Crippen LogP) is 13.3. The lowest BCUT2D eigenvalue weighted by Gasteiger charge is -2.29. The van der Waals surface area contributed by atoms with Gasteiger partial charge in [0.15, 0.2) is 0 Å². The number of fused-ring (bicyclic) bond motifs is 4. The summed E-state index contributed by atoms with van der Waals surface area (Å²) in [5.41, 5.74) is 21.3. The van der Waals surface area contributed by atoms with Gasteiger partial charge in [0, 0.05) is 64.6 Å². The number of nitrogens with zero attached hydrogens (tertiary/aromatic N) is 2. The Balaban J connectivity index is 0.923. The number of hydrogen-bond donors (Lipinski definition) is 2. The van der Waals surface area contributed by atoms with Gasteiger partial charge in [-0.05, 0) is 234 Å². The van der Waals surface area contributed by atoms with Crippen LogP contribution >= 0.6 is 0 Å². The van der Waals surface area contributed by atoms with E-state index in [2.05, 4.69) is 74.1 Å². The Bertz CT molecular complexity index is 2460. The van der Waals surface area contributed by atoms with E-state index in [4.69, 9.17) is 9.47 Å².